The molecule has 4 aromatic rings. The molecular weight excluding hydrogens is 508 g/mol. The van der Waals surface area contributed by atoms with Crippen LogP contribution in [0.4, 0.5) is 0 Å². The van der Waals surface area contributed by atoms with Crippen molar-refractivity contribution in [3.63, 3.8) is 0 Å². The highest BCUT2D eigenvalue weighted by molar-refractivity contribution is 6.14. The topological polar surface area (TPSA) is 108 Å². The van der Waals surface area contributed by atoms with Gasteiger partial charge in [0.1, 0.15) is 12.4 Å². The number of carbonyl (C=O) groups excluding carboxylic acids is 2. The largest absolute Gasteiger partial charge is 0.493 e. The van der Waals surface area contributed by atoms with Gasteiger partial charge >= 0.3 is 11.9 Å². The number of hydrogen-bond acceptors (Lipinski definition) is 10. The Morgan fingerprint density at radius 1 is 0.718 bits per heavy atom. The minimum atomic E-state index is -0.637. The van der Waals surface area contributed by atoms with Crippen molar-refractivity contribution < 1.29 is 47.5 Å². The van der Waals surface area contributed by atoms with E-state index in [0.717, 1.165) is 0 Å². The molecule has 0 bridgehead atoms. The SMILES string of the molecule is COc1cc2c(OC(=O)c3ccc4c(c3)OCO4)c3c(c(-c4ccc5c(c4)OCO5)c2cc1OC)C(=O)OC3. The van der Waals surface area contributed by atoms with Crippen LogP contribution >= 0.6 is 0 Å². The first kappa shape index (κ1) is 23.0. The number of methoxy groups -OCH3 is 2. The van der Waals surface area contributed by atoms with Crippen LogP contribution in [0.1, 0.15) is 26.3 Å². The second-order valence-electron chi connectivity index (χ2n) is 8.91. The Balaban J connectivity index is 1.46. The first-order chi connectivity index (χ1) is 19.1. The van der Waals surface area contributed by atoms with E-state index in [1.807, 2.05) is 6.07 Å². The predicted molar refractivity (Wildman–Crippen MR) is 135 cm³/mol. The summed E-state index contributed by atoms with van der Waals surface area (Å²) in [5.74, 6) is 2.04. The maximum absolute atomic E-state index is 13.4. The van der Waals surface area contributed by atoms with E-state index >= 15 is 0 Å². The van der Waals surface area contributed by atoms with Crippen molar-refractivity contribution in [1.82, 2.24) is 0 Å². The zero-order chi connectivity index (χ0) is 26.7. The lowest BCUT2D eigenvalue weighted by molar-refractivity contribution is 0.0534. The number of carbonyl (C=O) groups is 2. The summed E-state index contributed by atoms with van der Waals surface area (Å²) in [5.41, 5.74) is 2.28. The molecule has 39 heavy (non-hydrogen) atoms. The molecule has 3 heterocycles. The maximum Gasteiger partial charge on any atom is 0.343 e. The van der Waals surface area contributed by atoms with E-state index in [9.17, 15) is 9.59 Å². The fourth-order valence-corrected chi connectivity index (χ4v) is 5.05. The van der Waals surface area contributed by atoms with Gasteiger partial charge < -0.3 is 37.9 Å². The van der Waals surface area contributed by atoms with Crippen LogP contribution in [0.2, 0.25) is 0 Å². The highest BCUT2D eigenvalue weighted by Gasteiger charge is 2.34. The lowest BCUT2D eigenvalue weighted by Crippen LogP contribution is -2.11. The van der Waals surface area contributed by atoms with E-state index in [2.05, 4.69) is 0 Å². The summed E-state index contributed by atoms with van der Waals surface area (Å²) >= 11 is 0. The Morgan fingerprint density at radius 3 is 2.08 bits per heavy atom. The molecule has 0 saturated carbocycles. The second kappa shape index (κ2) is 8.73. The zero-order valence-corrected chi connectivity index (χ0v) is 20.8. The van der Waals surface area contributed by atoms with Crippen LogP contribution in [0, 0.1) is 0 Å². The van der Waals surface area contributed by atoms with Crippen molar-refractivity contribution in [1.29, 1.82) is 0 Å². The van der Waals surface area contributed by atoms with Crippen LogP contribution in [0.15, 0.2) is 48.5 Å². The van der Waals surface area contributed by atoms with Gasteiger partial charge in [0, 0.05) is 16.5 Å². The van der Waals surface area contributed by atoms with Crippen LogP contribution < -0.4 is 33.2 Å². The quantitative estimate of drug-likeness (QED) is 0.263. The molecule has 0 unspecified atom stereocenters. The van der Waals surface area contributed by atoms with Crippen LogP contribution in [0.3, 0.4) is 0 Å². The Hall–Kier alpha value is -5.12. The van der Waals surface area contributed by atoms with E-state index in [1.165, 1.54) is 14.2 Å². The van der Waals surface area contributed by atoms with Crippen LogP contribution in [-0.2, 0) is 11.3 Å². The molecule has 0 radical (unpaired) electrons. The summed E-state index contributed by atoms with van der Waals surface area (Å²) in [4.78, 5) is 26.5. The number of benzene rings is 4. The molecule has 0 spiro atoms. The maximum atomic E-state index is 13.4. The molecule has 0 fully saturated rings. The minimum Gasteiger partial charge on any atom is -0.493 e. The fraction of sp³-hybridized carbons (Fsp3) is 0.172. The van der Waals surface area contributed by atoms with E-state index in [4.69, 9.17) is 37.9 Å². The van der Waals surface area contributed by atoms with Gasteiger partial charge in [-0.25, -0.2) is 9.59 Å². The summed E-state index contributed by atoms with van der Waals surface area (Å²) in [5, 5.41) is 1.13. The van der Waals surface area contributed by atoms with E-state index < -0.39 is 11.9 Å². The molecule has 0 aliphatic carbocycles. The lowest BCUT2D eigenvalue weighted by Gasteiger charge is -2.19. The van der Waals surface area contributed by atoms with Crippen molar-refractivity contribution in [2.75, 3.05) is 27.8 Å². The number of cyclic esters (lactones) is 1. The summed E-state index contributed by atoms with van der Waals surface area (Å²) in [6.45, 7) is 0.119. The third-order valence-electron chi connectivity index (χ3n) is 6.88. The molecule has 3 aliphatic rings. The first-order valence-corrected chi connectivity index (χ1v) is 12.0. The molecule has 196 valence electrons. The first-order valence-electron chi connectivity index (χ1n) is 12.0. The highest BCUT2D eigenvalue weighted by Crippen LogP contribution is 2.49. The monoisotopic (exact) mass is 528 g/mol. The summed E-state index contributed by atoms with van der Waals surface area (Å²) in [7, 11) is 3.03. The molecule has 3 aliphatic heterocycles. The van der Waals surface area contributed by atoms with E-state index in [-0.39, 0.29) is 31.5 Å². The number of rotatable bonds is 5. The van der Waals surface area contributed by atoms with Crippen molar-refractivity contribution in [3.05, 3.63) is 65.2 Å². The number of fused-ring (bicyclic) bond motifs is 4. The minimum absolute atomic E-state index is 0.0697. The molecule has 0 N–H and O–H groups in total. The van der Waals surface area contributed by atoms with Gasteiger partial charge in [0.25, 0.3) is 0 Å². The molecule has 0 saturated heterocycles. The smallest absolute Gasteiger partial charge is 0.343 e. The molecule has 0 atom stereocenters. The third kappa shape index (κ3) is 3.56. The molecule has 10 nitrogen and oxygen atoms in total. The molecule has 0 amide bonds. The van der Waals surface area contributed by atoms with Crippen LogP contribution in [0.25, 0.3) is 21.9 Å². The second-order valence-corrected chi connectivity index (χ2v) is 8.91. The fourth-order valence-electron chi connectivity index (χ4n) is 5.05. The van der Waals surface area contributed by atoms with Crippen LogP contribution in [-0.4, -0.2) is 39.7 Å². The van der Waals surface area contributed by atoms with Gasteiger partial charge in [0.2, 0.25) is 13.6 Å². The normalized spacial score (nSPS) is 14.3. The highest BCUT2D eigenvalue weighted by atomic mass is 16.7. The van der Waals surface area contributed by atoms with Crippen molar-refractivity contribution in [3.8, 4) is 51.4 Å². The molecule has 0 aromatic heterocycles. The molecule has 10 heteroatoms. The summed E-state index contributed by atoms with van der Waals surface area (Å²) in [6.07, 6.45) is 0. The average molecular weight is 528 g/mol. The van der Waals surface area contributed by atoms with Gasteiger partial charge in [-0.3, -0.25) is 0 Å². The van der Waals surface area contributed by atoms with Gasteiger partial charge in [-0.05, 0) is 53.4 Å². The van der Waals surface area contributed by atoms with Gasteiger partial charge in [-0.15, -0.1) is 0 Å². The van der Waals surface area contributed by atoms with Gasteiger partial charge in [-0.2, -0.15) is 0 Å². The Morgan fingerprint density at radius 2 is 1.36 bits per heavy atom. The van der Waals surface area contributed by atoms with Gasteiger partial charge in [0.05, 0.1) is 25.3 Å². The number of hydrogen-bond donors (Lipinski definition) is 0. The standard InChI is InChI=1S/C29H20O10/c1-32-21-9-16-17(10-22(21)33-2)27(39-28(30)15-4-6-20-24(8-15)38-13-36-20)18-11-34-29(31)26(18)25(16)14-3-5-19-23(7-14)37-12-35-19/h3-10H,11-13H2,1-2H3. The summed E-state index contributed by atoms with van der Waals surface area (Å²) < 4.78 is 44.4. The van der Waals surface area contributed by atoms with E-state index in [0.29, 0.717) is 67.5 Å². The van der Waals surface area contributed by atoms with Gasteiger partial charge in [-0.1, -0.05) is 6.07 Å². The average Bonchev–Trinajstić information content (AvgIpc) is 3.71. The van der Waals surface area contributed by atoms with Crippen molar-refractivity contribution in [2.24, 2.45) is 0 Å². The Labute approximate surface area is 221 Å². The van der Waals surface area contributed by atoms with Gasteiger partial charge in [0.15, 0.2) is 34.5 Å². The summed E-state index contributed by atoms with van der Waals surface area (Å²) in [6, 6.07) is 13.7. The third-order valence-corrected chi connectivity index (χ3v) is 6.88. The molecule has 7 rings (SSSR count). The number of ether oxygens (including phenoxy) is 8. The lowest BCUT2D eigenvalue weighted by atomic mass is 9.89. The van der Waals surface area contributed by atoms with Crippen LogP contribution in [0.5, 0.6) is 40.2 Å². The molecular formula is C29H20O10. The zero-order valence-electron chi connectivity index (χ0n) is 20.8. The molecule has 4 aromatic carbocycles. The van der Waals surface area contributed by atoms with E-state index in [1.54, 1.807) is 42.5 Å². The Kier molecular flexibility index (Phi) is 5.15. The van der Waals surface area contributed by atoms with Crippen molar-refractivity contribution in [2.45, 2.75) is 6.61 Å². The van der Waals surface area contributed by atoms with Crippen molar-refractivity contribution >= 4 is 22.7 Å². The number of esters is 2. The predicted octanol–water partition coefficient (Wildman–Crippen LogP) is 4.87. The Bertz CT molecular complexity index is 1710.